The number of carbonyl (C=O) groups excluding carboxylic acids is 1. The number of carbonyl (C=O) groups is 1. The van der Waals surface area contributed by atoms with Gasteiger partial charge in [0.05, 0.1) is 5.56 Å². The number of likely N-dealkylation sites (N-methyl/N-ethyl adjacent to an activating group) is 2. The Kier molecular flexibility index (Phi) is 9.49. The molecule has 0 aliphatic carbocycles. The van der Waals surface area contributed by atoms with Gasteiger partial charge in [-0.2, -0.15) is 0 Å². The van der Waals surface area contributed by atoms with Gasteiger partial charge >= 0.3 is 0 Å². The van der Waals surface area contributed by atoms with E-state index in [4.69, 9.17) is 0 Å². The first-order valence-electron chi connectivity index (χ1n) is 7.04. The van der Waals surface area contributed by atoms with Crippen molar-refractivity contribution in [2.75, 3.05) is 27.2 Å². The molecule has 0 aliphatic heterocycles. The van der Waals surface area contributed by atoms with Crippen LogP contribution in [-0.2, 0) is 0 Å². The Balaban J connectivity index is 0.00000242. The van der Waals surface area contributed by atoms with E-state index in [0.717, 1.165) is 17.7 Å². The maximum atomic E-state index is 12.3. The van der Waals surface area contributed by atoms with E-state index in [1.807, 2.05) is 25.2 Å². The standard InChI is InChI=1S/C17H21N3O.2ClH/c1-13-4-6-14(7-5-13)15-10-16(12-19-11-15)17(21)20(3)9-8-18-2;;/h4-7,10-12,18H,8-9H2,1-3H3;2*1H. The number of nitrogens with one attached hydrogen (secondary N) is 1. The Hall–Kier alpha value is -1.62. The average Bonchev–Trinajstić information content (AvgIpc) is 2.52. The highest BCUT2D eigenvalue weighted by molar-refractivity contribution is 5.94. The van der Waals surface area contributed by atoms with Crippen LogP contribution in [0.15, 0.2) is 42.7 Å². The maximum Gasteiger partial charge on any atom is 0.255 e. The molecule has 126 valence electrons. The number of amides is 1. The third-order valence-corrected chi connectivity index (χ3v) is 3.41. The summed E-state index contributed by atoms with van der Waals surface area (Å²) in [7, 11) is 3.68. The SMILES string of the molecule is CNCCN(C)C(=O)c1cncc(-c2ccc(C)cc2)c1.Cl.Cl. The van der Waals surface area contributed by atoms with Crippen molar-refractivity contribution in [2.24, 2.45) is 0 Å². The zero-order chi connectivity index (χ0) is 15.2. The van der Waals surface area contributed by atoms with Gasteiger partial charge in [0.25, 0.3) is 5.91 Å². The lowest BCUT2D eigenvalue weighted by Crippen LogP contribution is -2.32. The van der Waals surface area contributed by atoms with Gasteiger partial charge in [-0.25, -0.2) is 0 Å². The molecular formula is C17H23Cl2N3O. The number of pyridine rings is 1. The molecule has 1 N–H and O–H groups in total. The van der Waals surface area contributed by atoms with Gasteiger partial charge in [-0.3, -0.25) is 9.78 Å². The Morgan fingerprint density at radius 2 is 1.78 bits per heavy atom. The molecule has 0 unspecified atom stereocenters. The minimum Gasteiger partial charge on any atom is -0.340 e. The molecule has 0 bridgehead atoms. The van der Waals surface area contributed by atoms with E-state index in [9.17, 15) is 4.79 Å². The van der Waals surface area contributed by atoms with E-state index in [1.165, 1.54) is 5.56 Å². The highest BCUT2D eigenvalue weighted by atomic mass is 35.5. The number of hydrogen-bond acceptors (Lipinski definition) is 3. The third kappa shape index (κ3) is 5.82. The lowest BCUT2D eigenvalue weighted by atomic mass is 10.0. The monoisotopic (exact) mass is 355 g/mol. The quantitative estimate of drug-likeness (QED) is 0.895. The van der Waals surface area contributed by atoms with E-state index in [-0.39, 0.29) is 30.7 Å². The topological polar surface area (TPSA) is 45.2 Å². The molecule has 1 aromatic heterocycles. The van der Waals surface area contributed by atoms with Gasteiger partial charge in [0.1, 0.15) is 0 Å². The average molecular weight is 356 g/mol. The second-order valence-electron chi connectivity index (χ2n) is 5.16. The summed E-state index contributed by atoms with van der Waals surface area (Å²) in [4.78, 5) is 18.3. The summed E-state index contributed by atoms with van der Waals surface area (Å²) < 4.78 is 0. The van der Waals surface area contributed by atoms with Gasteiger partial charge in [0, 0.05) is 38.1 Å². The Morgan fingerprint density at radius 1 is 1.13 bits per heavy atom. The molecule has 0 aliphatic rings. The lowest BCUT2D eigenvalue weighted by Gasteiger charge is -2.17. The van der Waals surface area contributed by atoms with Crippen LogP contribution in [0.2, 0.25) is 0 Å². The summed E-state index contributed by atoms with van der Waals surface area (Å²) >= 11 is 0. The summed E-state index contributed by atoms with van der Waals surface area (Å²) in [5, 5.41) is 3.04. The molecule has 4 nitrogen and oxygen atoms in total. The Bertz CT molecular complexity index is 617. The summed E-state index contributed by atoms with van der Waals surface area (Å²) in [6, 6.07) is 10.1. The van der Waals surface area contributed by atoms with Crippen molar-refractivity contribution >= 4 is 30.7 Å². The maximum absolute atomic E-state index is 12.3. The molecule has 0 atom stereocenters. The molecule has 23 heavy (non-hydrogen) atoms. The van der Waals surface area contributed by atoms with Crippen LogP contribution in [0.25, 0.3) is 11.1 Å². The lowest BCUT2D eigenvalue weighted by molar-refractivity contribution is 0.0796. The number of aryl methyl sites for hydroxylation is 1. The van der Waals surface area contributed by atoms with E-state index in [0.29, 0.717) is 12.1 Å². The van der Waals surface area contributed by atoms with Crippen molar-refractivity contribution in [3.8, 4) is 11.1 Å². The van der Waals surface area contributed by atoms with Crippen molar-refractivity contribution in [3.63, 3.8) is 0 Å². The molecule has 1 aromatic carbocycles. The van der Waals surface area contributed by atoms with Gasteiger partial charge in [-0.05, 0) is 25.6 Å². The fraction of sp³-hybridized carbons (Fsp3) is 0.294. The van der Waals surface area contributed by atoms with Crippen LogP contribution in [0.1, 0.15) is 15.9 Å². The largest absolute Gasteiger partial charge is 0.340 e. The Morgan fingerprint density at radius 3 is 2.39 bits per heavy atom. The molecule has 0 radical (unpaired) electrons. The molecule has 0 saturated carbocycles. The van der Waals surface area contributed by atoms with Crippen molar-refractivity contribution in [2.45, 2.75) is 6.92 Å². The molecule has 2 rings (SSSR count). The number of nitrogens with zero attached hydrogens (tertiary/aromatic N) is 2. The highest BCUT2D eigenvalue weighted by Crippen LogP contribution is 2.20. The highest BCUT2D eigenvalue weighted by Gasteiger charge is 2.12. The molecular weight excluding hydrogens is 333 g/mol. The summed E-state index contributed by atoms with van der Waals surface area (Å²) in [5.74, 6) is -0.00767. The molecule has 6 heteroatoms. The predicted octanol–water partition coefficient (Wildman–Crippen LogP) is 3.19. The summed E-state index contributed by atoms with van der Waals surface area (Å²) in [6.45, 7) is 3.50. The van der Waals surface area contributed by atoms with E-state index in [2.05, 4.69) is 29.4 Å². The van der Waals surface area contributed by atoms with Gasteiger partial charge < -0.3 is 10.2 Å². The van der Waals surface area contributed by atoms with E-state index in [1.54, 1.807) is 24.3 Å². The van der Waals surface area contributed by atoms with Crippen LogP contribution in [0.3, 0.4) is 0 Å². The fourth-order valence-corrected chi connectivity index (χ4v) is 2.06. The molecule has 0 fully saturated rings. The third-order valence-electron chi connectivity index (χ3n) is 3.41. The van der Waals surface area contributed by atoms with Crippen LogP contribution in [0.4, 0.5) is 0 Å². The second kappa shape index (κ2) is 10.2. The molecule has 0 spiro atoms. The van der Waals surface area contributed by atoms with E-state index >= 15 is 0 Å². The second-order valence-corrected chi connectivity index (χ2v) is 5.16. The number of hydrogen-bond donors (Lipinski definition) is 1. The molecule has 1 amide bonds. The first kappa shape index (κ1) is 21.4. The smallest absolute Gasteiger partial charge is 0.255 e. The minimum atomic E-state index is -0.00767. The van der Waals surface area contributed by atoms with E-state index < -0.39 is 0 Å². The molecule has 1 heterocycles. The van der Waals surface area contributed by atoms with Crippen molar-refractivity contribution in [3.05, 3.63) is 53.9 Å². The summed E-state index contributed by atoms with van der Waals surface area (Å²) in [6.07, 6.45) is 3.41. The van der Waals surface area contributed by atoms with Gasteiger partial charge in [0.15, 0.2) is 0 Å². The van der Waals surface area contributed by atoms with Gasteiger partial charge in [-0.15, -0.1) is 24.8 Å². The van der Waals surface area contributed by atoms with Gasteiger partial charge in [-0.1, -0.05) is 29.8 Å². The fourth-order valence-electron chi connectivity index (χ4n) is 2.06. The van der Waals surface area contributed by atoms with Crippen LogP contribution in [0.5, 0.6) is 0 Å². The number of benzene rings is 1. The zero-order valence-electron chi connectivity index (χ0n) is 13.6. The molecule has 2 aromatic rings. The molecule has 0 saturated heterocycles. The first-order chi connectivity index (χ1) is 10.1. The van der Waals surface area contributed by atoms with Crippen molar-refractivity contribution in [1.29, 1.82) is 0 Å². The number of rotatable bonds is 5. The first-order valence-corrected chi connectivity index (χ1v) is 7.04. The minimum absolute atomic E-state index is 0. The number of halogens is 2. The Labute approximate surface area is 150 Å². The van der Waals surface area contributed by atoms with Crippen LogP contribution < -0.4 is 5.32 Å². The van der Waals surface area contributed by atoms with Crippen LogP contribution in [0, 0.1) is 6.92 Å². The van der Waals surface area contributed by atoms with Crippen molar-refractivity contribution < 1.29 is 4.79 Å². The predicted molar refractivity (Wildman–Crippen MR) is 99.8 cm³/mol. The van der Waals surface area contributed by atoms with Crippen LogP contribution in [-0.4, -0.2) is 43.0 Å². The van der Waals surface area contributed by atoms with Crippen LogP contribution >= 0.6 is 24.8 Å². The zero-order valence-corrected chi connectivity index (χ0v) is 15.2. The number of aromatic nitrogens is 1. The van der Waals surface area contributed by atoms with Gasteiger partial charge in [0.2, 0.25) is 0 Å². The van der Waals surface area contributed by atoms with Crippen molar-refractivity contribution in [1.82, 2.24) is 15.2 Å². The normalized spacial score (nSPS) is 9.52. The summed E-state index contributed by atoms with van der Waals surface area (Å²) in [5.41, 5.74) is 3.86.